The largest absolute Gasteiger partial charge is 0.356 e. The molecule has 0 saturated heterocycles. The van der Waals surface area contributed by atoms with Crippen LogP contribution in [0.4, 0.5) is 0 Å². The van der Waals surface area contributed by atoms with Crippen LogP contribution in [-0.4, -0.2) is 25.5 Å². The lowest BCUT2D eigenvalue weighted by Gasteiger charge is -2.14. The fourth-order valence-corrected chi connectivity index (χ4v) is 2.24. The van der Waals surface area contributed by atoms with Crippen LogP contribution >= 0.6 is 0 Å². The van der Waals surface area contributed by atoms with Crippen molar-refractivity contribution in [2.75, 3.05) is 19.6 Å². The van der Waals surface area contributed by atoms with Crippen molar-refractivity contribution < 1.29 is 4.79 Å². The summed E-state index contributed by atoms with van der Waals surface area (Å²) in [6.45, 7) is 5.08. The van der Waals surface area contributed by atoms with Crippen LogP contribution in [0.5, 0.6) is 0 Å². The molecule has 0 aliphatic carbocycles. The van der Waals surface area contributed by atoms with E-state index in [9.17, 15) is 4.79 Å². The monoisotopic (exact) mass is 252 g/mol. The zero-order chi connectivity index (χ0) is 13.1. The molecule has 3 nitrogen and oxygen atoms in total. The van der Waals surface area contributed by atoms with Crippen molar-refractivity contribution in [3.63, 3.8) is 0 Å². The van der Waals surface area contributed by atoms with E-state index >= 15 is 0 Å². The Bertz CT molecular complexity index is 261. The summed E-state index contributed by atoms with van der Waals surface area (Å²) < 4.78 is 0. The van der Waals surface area contributed by atoms with E-state index in [0.717, 1.165) is 38.9 Å². The molecule has 1 amide bonds. The van der Waals surface area contributed by atoms with Gasteiger partial charge in [0.2, 0.25) is 5.91 Å². The van der Waals surface area contributed by atoms with Crippen LogP contribution < -0.4 is 10.6 Å². The molecule has 2 N–H and O–H groups in total. The van der Waals surface area contributed by atoms with Crippen molar-refractivity contribution in [1.29, 1.82) is 0 Å². The van der Waals surface area contributed by atoms with Crippen LogP contribution in [0.1, 0.15) is 58.3 Å². The molecule has 0 aromatic heterocycles. The van der Waals surface area contributed by atoms with E-state index in [1.165, 1.54) is 31.3 Å². The van der Waals surface area contributed by atoms with Gasteiger partial charge in [0.1, 0.15) is 0 Å². The Morgan fingerprint density at radius 2 is 2.17 bits per heavy atom. The van der Waals surface area contributed by atoms with Crippen molar-refractivity contribution in [1.82, 2.24) is 10.6 Å². The zero-order valence-corrected chi connectivity index (χ0v) is 11.8. The molecular formula is C15H28N2O. The highest BCUT2D eigenvalue weighted by Crippen LogP contribution is 2.08. The molecule has 0 aromatic carbocycles. The number of carbonyl (C=O) groups excluding carboxylic acids is 1. The lowest BCUT2D eigenvalue weighted by Crippen LogP contribution is -2.26. The van der Waals surface area contributed by atoms with Gasteiger partial charge in [0.25, 0.3) is 0 Å². The van der Waals surface area contributed by atoms with Crippen LogP contribution in [-0.2, 0) is 4.79 Å². The average molecular weight is 252 g/mol. The summed E-state index contributed by atoms with van der Waals surface area (Å²) in [7, 11) is 0. The van der Waals surface area contributed by atoms with Gasteiger partial charge < -0.3 is 10.6 Å². The summed E-state index contributed by atoms with van der Waals surface area (Å²) >= 11 is 0. The SMILES string of the molecule is CCCCCCCC(=O)NCCC1=CCNCC1. The standard InChI is InChI=1S/C15H28N2O/c1-2-3-4-5-6-7-15(18)17-13-10-14-8-11-16-12-9-14/h8,16H,2-7,9-13H2,1H3,(H,17,18). The molecule has 18 heavy (non-hydrogen) atoms. The first-order valence-corrected chi connectivity index (χ1v) is 7.48. The number of carbonyl (C=O) groups is 1. The van der Waals surface area contributed by atoms with Crippen LogP contribution in [0.2, 0.25) is 0 Å². The highest BCUT2D eigenvalue weighted by molar-refractivity contribution is 5.75. The molecule has 1 rings (SSSR count). The van der Waals surface area contributed by atoms with E-state index in [2.05, 4.69) is 23.6 Å². The van der Waals surface area contributed by atoms with Gasteiger partial charge in [-0.1, -0.05) is 44.3 Å². The third-order valence-electron chi connectivity index (χ3n) is 3.43. The Kier molecular flexibility index (Phi) is 8.57. The Hall–Kier alpha value is -0.830. The summed E-state index contributed by atoms with van der Waals surface area (Å²) in [6.07, 6.45) is 11.2. The molecule has 0 unspecified atom stereocenters. The molecule has 0 spiro atoms. The number of hydrogen-bond donors (Lipinski definition) is 2. The first-order valence-electron chi connectivity index (χ1n) is 7.48. The molecule has 0 fully saturated rings. The van der Waals surface area contributed by atoms with Gasteiger partial charge in [0, 0.05) is 19.5 Å². The Labute approximate surface area is 111 Å². The third kappa shape index (κ3) is 7.49. The second-order valence-electron chi connectivity index (χ2n) is 5.08. The number of nitrogens with one attached hydrogen (secondary N) is 2. The van der Waals surface area contributed by atoms with Crippen molar-refractivity contribution in [3.8, 4) is 0 Å². The normalized spacial score (nSPS) is 15.3. The zero-order valence-electron chi connectivity index (χ0n) is 11.8. The molecule has 1 aliphatic heterocycles. The van der Waals surface area contributed by atoms with Crippen molar-refractivity contribution in [3.05, 3.63) is 11.6 Å². The predicted molar refractivity (Wildman–Crippen MR) is 76.6 cm³/mol. The molecular weight excluding hydrogens is 224 g/mol. The summed E-state index contributed by atoms with van der Waals surface area (Å²) in [6, 6.07) is 0. The molecule has 0 atom stereocenters. The van der Waals surface area contributed by atoms with Crippen molar-refractivity contribution >= 4 is 5.91 Å². The second-order valence-corrected chi connectivity index (χ2v) is 5.08. The Balaban J connectivity index is 1.94. The lowest BCUT2D eigenvalue weighted by atomic mass is 10.1. The summed E-state index contributed by atoms with van der Waals surface area (Å²) in [5.41, 5.74) is 1.48. The van der Waals surface area contributed by atoms with Crippen LogP contribution in [0.25, 0.3) is 0 Å². The highest BCUT2D eigenvalue weighted by atomic mass is 16.1. The highest BCUT2D eigenvalue weighted by Gasteiger charge is 2.04. The summed E-state index contributed by atoms with van der Waals surface area (Å²) in [5, 5.41) is 6.32. The molecule has 3 heteroatoms. The van der Waals surface area contributed by atoms with Gasteiger partial charge in [0.15, 0.2) is 0 Å². The number of unbranched alkanes of at least 4 members (excludes halogenated alkanes) is 4. The van der Waals surface area contributed by atoms with E-state index in [-0.39, 0.29) is 5.91 Å². The maximum atomic E-state index is 11.6. The van der Waals surface area contributed by atoms with E-state index in [4.69, 9.17) is 0 Å². The Morgan fingerprint density at radius 3 is 2.89 bits per heavy atom. The van der Waals surface area contributed by atoms with Crippen LogP contribution in [0.15, 0.2) is 11.6 Å². The predicted octanol–water partition coefficient (Wildman–Crippen LogP) is 2.77. The van der Waals surface area contributed by atoms with E-state index in [1.54, 1.807) is 0 Å². The van der Waals surface area contributed by atoms with Gasteiger partial charge in [-0.2, -0.15) is 0 Å². The second kappa shape index (κ2) is 10.1. The molecule has 0 radical (unpaired) electrons. The maximum Gasteiger partial charge on any atom is 0.220 e. The van der Waals surface area contributed by atoms with E-state index < -0.39 is 0 Å². The van der Waals surface area contributed by atoms with Gasteiger partial charge >= 0.3 is 0 Å². The fourth-order valence-electron chi connectivity index (χ4n) is 2.24. The van der Waals surface area contributed by atoms with Crippen LogP contribution in [0, 0.1) is 0 Å². The quantitative estimate of drug-likeness (QED) is 0.489. The molecule has 0 bridgehead atoms. The minimum Gasteiger partial charge on any atom is -0.356 e. The molecule has 0 aromatic rings. The summed E-state index contributed by atoms with van der Waals surface area (Å²) in [5.74, 6) is 0.223. The first-order chi connectivity index (χ1) is 8.83. The fraction of sp³-hybridized carbons (Fsp3) is 0.800. The number of amides is 1. The van der Waals surface area contributed by atoms with Gasteiger partial charge in [-0.25, -0.2) is 0 Å². The van der Waals surface area contributed by atoms with Gasteiger partial charge in [-0.3, -0.25) is 4.79 Å². The maximum absolute atomic E-state index is 11.6. The topological polar surface area (TPSA) is 41.1 Å². The molecule has 1 heterocycles. The molecule has 104 valence electrons. The van der Waals surface area contributed by atoms with Gasteiger partial charge in [0.05, 0.1) is 0 Å². The smallest absolute Gasteiger partial charge is 0.220 e. The van der Waals surface area contributed by atoms with E-state index in [0.29, 0.717) is 6.42 Å². The van der Waals surface area contributed by atoms with E-state index in [1.807, 2.05) is 0 Å². The third-order valence-corrected chi connectivity index (χ3v) is 3.43. The average Bonchev–Trinajstić information content (AvgIpc) is 2.40. The number of rotatable bonds is 9. The van der Waals surface area contributed by atoms with Gasteiger partial charge in [-0.05, 0) is 25.8 Å². The van der Waals surface area contributed by atoms with Crippen molar-refractivity contribution in [2.45, 2.75) is 58.3 Å². The Morgan fingerprint density at radius 1 is 1.33 bits per heavy atom. The molecule has 1 aliphatic rings. The van der Waals surface area contributed by atoms with Crippen molar-refractivity contribution in [2.24, 2.45) is 0 Å². The first kappa shape index (κ1) is 15.2. The minimum absolute atomic E-state index is 0.223. The minimum atomic E-state index is 0.223. The summed E-state index contributed by atoms with van der Waals surface area (Å²) in [4.78, 5) is 11.6. The lowest BCUT2D eigenvalue weighted by molar-refractivity contribution is -0.121. The number of hydrogen-bond acceptors (Lipinski definition) is 2. The van der Waals surface area contributed by atoms with Crippen LogP contribution in [0.3, 0.4) is 0 Å². The molecule has 0 saturated carbocycles. The van der Waals surface area contributed by atoms with Gasteiger partial charge in [-0.15, -0.1) is 0 Å².